The van der Waals surface area contributed by atoms with E-state index in [1.54, 1.807) is 12.1 Å². The van der Waals surface area contributed by atoms with Crippen LogP contribution in [-0.2, 0) is 6.42 Å². The third-order valence-electron chi connectivity index (χ3n) is 3.77. The quantitative estimate of drug-likeness (QED) is 0.493. The van der Waals surface area contributed by atoms with Crippen molar-refractivity contribution in [3.8, 4) is 16.9 Å². The first-order chi connectivity index (χ1) is 11.3. The molecule has 0 saturated carbocycles. The van der Waals surface area contributed by atoms with Crippen molar-refractivity contribution in [1.82, 2.24) is 0 Å². The molecule has 0 N–H and O–H groups in total. The van der Waals surface area contributed by atoms with Crippen LogP contribution in [0, 0.1) is 0 Å². The van der Waals surface area contributed by atoms with E-state index in [9.17, 15) is 4.79 Å². The number of aryl methyl sites for hydroxylation is 1. The molecule has 3 aromatic carbocycles. The molecule has 0 amide bonds. The fourth-order valence-corrected chi connectivity index (χ4v) is 2.39. The summed E-state index contributed by atoms with van der Waals surface area (Å²) in [5.74, 6) is 0.230. The summed E-state index contributed by atoms with van der Waals surface area (Å²) in [7, 11) is 0. The second kappa shape index (κ2) is 6.93. The van der Waals surface area contributed by atoms with Gasteiger partial charge < -0.3 is 4.74 Å². The van der Waals surface area contributed by atoms with E-state index in [1.807, 2.05) is 66.7 Å². The zero-order valence-electron chi connectivity index (χ0n) is 13.0. The highest BCUT2D eigenvalue weighted by molar-refractivity contribution is 5.91. The van der Waals surface area contributed by atoms with Gasteiger partial charge in [-0.25, -0.2) is 4.79 Å². The summed E-state index contributed by atoms with van der Waals surface area (Å²) in [6.45, 7) is 2.09. The lowest BCUT2D eigenvalue weighted by Crippen LogP contribution is -2.08. The maximum Gasteiger partial charge on any atom is 0.343 e. The minimum atomic E-state index is -0.339. The molecule has 0 aliphatic rings. The molecule has 114 valence electrons. The van der Waals surface area contributed by atoms with Crippen molar-refractivity contribution in [3.63, 3.8) is 0 Å². The molecular formula is C21H18O2. The Kier molecular flexibility index (Phi) is 4.53. The van der Waals surface area contributed by atoms with Gasteiger partial charge >= 0.3 is 5.97 Å². The van der Waals surface area contributed by atoms with Crippen LogP contribution < -0.4 is 4.74 Å². The molecule has 3 aromatic rings. The lowest BCUT2D eigenvalue weighted by atomic mass is 10.0. The monoisotopic (exact) mass is 302 g/mol. The number of carbonyl (C=O) groups is 1. The highest BCUT2D eigenvalue weighted by Crippen LogP contribution is 2.20. The van der Waals surface area contributed by atoms with Crippen LogP contribution in [0.4, 0.5) is 0 Å². The first kappa shape index (κ1) is 15.0. The fourth-order valence-electron chi connectivity index (χ4n) is 2.39. The van der Waals surface area contributed by atoms with E-state index in [1.165, 1.54) is 5.56 Å². The fraction of sp³-hybridized carbons (Fsp3) is 0.0952. The molecule has 0 unspecified atom stereocenters. The molecule has 0 aliphatic carbocycles. The minimum Gasteiger partial charge on any atom is -0.423 e. The lowest BCUT2D eigenvalue weighted by molar-refractivity contribution is 0.0735. The van der Waals surface area contributed by atoms with Crippen molar-refractivity contribution in [1.29, 1.82) is 0 Å². The van der Waals surface area contributed by atoms with Crippen LogP contribution in [0.5, 0.6) is 5.75 Å². The SMILES string of the molecule is CCc1ccc(OC(=O)c2ccc(-c3ccccc3)cc2)cc1. The van der Waals surface area contributed by atoms with Crippen molar-refractivity contribution in [2.24, 2.45) is 0 Å². The molecule has 3 rings (SSSR count). The summed E-state index contributed by atoms with van der Waals surface area (Å²) >= 11 is 0. The smallest absolute Gasteiger partial charge is 0.343 e. The van der Waals surface area contributed by atoms with Gasteiger partial charge in [-0.3, -0.25) is 0 Å². The summed E-state index contributed by atoms with van der Waals surface area (Å²) < 4.78 is 5.41. The van der Waals surface area contributed by atoms with Crippen molar-refractivity contribution < 1.29 is 9.53 Å². The molecule has 23 heavy (non-hydrogen) atoms. The zero-order chi connectivity index (χ0) is 16.1. The average Bonchev–Trinajstić information content (AvgIpc) is 2.63. The van der Waals surface area contributed by atoms with Crippen LogP contribution in [0.3, 0.4) is 0 Å². The minimum absolute atomic E-state index is 0.339. The van der Waals surface area contributed by atoms with Gasteiger partial charge in [0, 0.05) is 0 Å². The van der Waals surface area contributed by atoms with Crippen LogP contribution in [0.1, 0.15) is 22.8 Å². The van der Waals surface area contributed by atoms with E-state index < -0.39 is 0 Å². The standard InChI is InChI=1S/C21H18O2/c1-2-16-8-14-20(15-9-16)23-21(22)19-12-10-18(11-13-19)17-6-4-3-5-7-17/h3-15H,2H2,1H3. The summed E-state index contributed by atoms with van der Waals surface area (Å²) in [5.41, 5.74) is 3.97. The zero-order valence-corrected chi connectivity index (χ0v) is 13.0. The number of rotatable bonds is 4. The van der Waals surface area contributed by atoms with Gasteiger partial charge in [-0.2, -0.15) is 0 Å². The Balaban J connectivity index is 1.72. The molecular weight excluding hydrogens is 284 g/mol. The Morgan fingerprint density at radius 2 is 1.39 bits per heavy atom. The molecule has 0 atom stereocenters. The normalized spacial score (nSPS) is 10.3. The maximum atomic E-state index is 12.2. The Labute approximate surface area is 136 Å². The largest absolute Gasteiger partial charge is 0.423 e. The Morgan fingerprint density at radius 3 is 2.00 bits per heavy atom. The summed E-state index contributed by atoms with van der Waals surface area (Å²) in [5, 5.41) is 0. The second-order valence-electron chi connectivity index (χ2n) is 5.33. The van der Waals surface area contributed by atoms with Crippen molar-refractivity contribution >= 4 is 5.97 Å². The van der Waals surface area contributed by atoms with Gasteiger partial charge in [0.15, 0.2) is 0 Å². The molecule has 0 saturated heterocycles. The number of hydrogen-bond acceptors (Lipinski definition) is 2. The van der Waals surface area contributed by atoms with Gasteiger partial charge in [-0.05, 0) is 47.4 Å². The summed E-state index contributed by atoms with van der Waals surface area (Å²) in [6.07, 6.45) is 0.967. The number of carbonyl (C=O) groups excluding carboxylic acids is 1. The van der Waals surface area contributed by atoms with Crippen LogP contribution in [-0.4, -0.2) is 5.97 Å². The van der Waals surface area contributed by atoms with Crippen LogP contribution in [0.2, 0.25) is 0 Å². The lowest BCUT2D eigenvalue weighted by Gasteiger charge is -2.06. The Morgan fingerprint density at radius 1 is 0.783 bits per heavy atom. The van der Waals surface area contributed by atoms with E-state index in [2.05, 4.69) is 6.92 Å². The molecule has 0 aromatic heterocycles. The van der Waals surface area contributed by atoms with E-state index >= 15 is 0 Å². The number of hydrogen-bond donors (Lipinski definition) is 0. The van der Waals surface area contributed by atoms with Gasteiger partial charge in [0.05, 0.1) is 5.56 Å². The predicted octanol–water partition coefficient (Wildman–Crippen LogP) is 5.14. The molecule has 2 nitrogen and oxygen atoms in total. The number of esters is 1. The Hall–Kier alpha value is -2.87. The van der Waals surface area contributed by atoms with E-state index in [0.717, 1.165) is 17.5 Å². The molecule has 0 heterocycles. The van der Waals surface area contributed by atoms with Gasteiger partial charge in [0.25, 0.3) is 0 Å². The van der Waals surface area contributed by atoms with Gasteiger partial charge in [0.1, 0.15) is 5.75 Å². The van der Waals surface area contributed by atoms with E-state index in [-0.39, 0.29) is 5.97 Å². The van der Waals surface area contributed by atoms with Gasteiger partial charge in [-0.15, -0.1) is 0 Å². The van der Waals surface area contributed by atoms with E-state index in [0.29, 0.717) is 11.3 Å². The first-order valence-electron chi connectivity index (χ1n) is 7.73. The van der Waals surface area contributed by atoms with Crippen molar-refractivity contribution in [2.75, 3.05) is 0 Å². The molecule has 2 heteroatoms. The third kappa shape index (κ3) is 3.67. The molecule has 0 radical (unpaired) electrons. The van der Waals surface area contributed by atoms with Gasteiger partial charge in [0.2, 0.25) is 0 Å². The van der Waals surface area contributed by atoms with Crippen molar-refractivity contribution in [3.05, 3.63) is 90.0 Å². The topological polar surface area (TPSA) is 26.3 Å². The second-order valence-corrected chi connectivity index (χ2v) is 5.33. The highest BCUT2D eigenvalue weighted by atomic mass is 16.5. The molecule has 0 spiro atoms. The first-order valence-corrected chi connectivity index (χ1v) is 7.73. The number of benzene rings is 3. The van der Waals surface area contributed by atoms with Crippen LogP contribution >= 0.6 is 0 Å². The summed E-state index contributed by atoms with van der Waals surface area (Å²) in [4.78, 5) is 12.2. The molecule has 0 aliphatic heterocycles. The molecule has 0 bridgehead atoms. The van der Waals surface area contributed by atoms with Crippen molar-refractivity contribution in [2.45, 2.75) is 13.3 Å². The Bertz CT molecular complexity index is 772. The molecule has 0 fully saturated rings. The van der Waals surface area contributed by atoms with Crippen LogP contribution in [0.25, 0.3) is 11.1 Å². The highest BCUT2D eigenvalue weighted by Gasteiger charge is 2.09. The van der Waals surface area contributed by atoms with E-state index in [4.69, 9.17) is 4.74 Å². The maximum absolute atomic E-state index is 12.2. The summed E-state index contributed by atoms with van der Waals surface area (Å²) in [6, 6.07) is 25.1. The van der Waals surface area contributed by atoms with Crippen LogP contribution in [0.15, 0.2) is 78.9 Å². The third-order valence-corrected chi connectivity index (χ3v) is 3.77. The number of ether oxygens (including phenoxy) is 1. The average molecular weight is 302 g/mol. The van der Waals surface area contributed by atoms with Gasteiger partial charge in [-0.1, -0.05) is 61.5 Å². The predicted molar refractivity (Wildman–Crippen MR) is 92.7 cm³/mol.